The molecule has 4 rings (SSSR count). The highest BCUT2D eigenvalue weighted by molar-refractivity contribution is 7.90. The molecule has 10 heteroatoms. The van der Waals surface area contributed by atoms with Gasteiger partial charge in [-0.3, -0.25) is 14.9 Å². The molecule has 9 nitrogen and oxygen atoms in total. The molecule has 0 saturated carbocycles. The van der Waals surface area contributed by atoms with Crippen LogP contribution in [0.2, 0.25) is 0 Å². The largest absolute Gasteiger partial charge is 0.434 e. The molecule has 0 spiro atoms. The summed E-state index contributed by atoms with van der Waals surface area (Å²) in [6.45, 7) is 2.78. The first-order valence-electron chi connectivity index (χ1n) is 12.5. The maximum atomic E-state index is 13.9. The number of hydrogen-bond donors (Lipinski definition) is 2. The molecule has 198 valence electrons. The van der Waals surface area contributed by atoms with Crippen LogP contribution in [-0.4, -0.2) is 55.6 Å². The van der Waals surface area contributed by atoms with Crippen LogP contribution in [0.3, 0.4) is 0 Å². The Kier molecular flexibility index (Phi) is 8.41. The summed E-state index contributed by atoms with van der Waals surface area (Å²) in [6.07, 6.45) is 1.85. The predicted octanol–water partition coefficient (Wildman–Crippen LogP) is 3.03. The topological polar surface area (TPSA) is 142 Å². The fourth-order valence-electron chi connectivity index (χ4n) is 5.01. The van der Waals surface area contributed by atoms with Crippen LogP contribution in [-0.2, 0) is 25.1 Å². The minimum atomic E-state index is -3.89. The van der Waals surface area contributed by atoms with Gasteiger partial charge in [0.1, 0.15) is 11.1 Å². The minimum absolute atomic E-state index is 0.167. The second kappa shape index (κ2) is 11.5. The number of amides is 1. The first-order valence-corrected chi connectivity index (χ1v) is 14.4. The van der Waals surface area contributed by atoms with Gasteiger partial charge in [-0.1, -0.05) is 55.8 Å². The third-order valence-corrected chi connectivity index (χ3v) is 8.46. The van der Waals surface area contributed by atoms with Crippen LogP contribution in [0.5, 0.6) is 0 Å². The van der Waals surface area contributed by atoms with Gasteiger partial charge in [-0.2, -0.15) is 0 Å². The number of ketones is 1. The maximum absolute atomic E-state index is 13.9. The Balaban J connectivity index is 1.77. The zero-order valence-corrected chi connectivity index (χ0v) is 21.7. The molecule has 0 radical (unpaired) electrons. The molecule has 1 aliphatic rings. The van der Waals surface area contributed by atoms with E-state index < -0.39 is 38.7 Å². The third kappa shape index (κ3) is 6.26. The zero-order valence-electron chi connectivity index (χ0n) is 20.9. The lowest BCUT2D eigenvalue weighted by atomic mass is 9.77. The summed E-state index contributed by atoms with van der Waals surface area (Å²) in [5, 5.41) is 3.26. The number of oxazole rings is 1. The third-order valence-electron chi connectivity index (χ3n) is 6.79. The molecule has 1 saturated heterocycles. The minimum Gasteiger partial charge on any atom is -0.434 e. The Morgan fingerprint density at radius 2 is 1.78 bits per heavy atom. The molecular weight excluding hydrogens is 494 g/mol. The van der Waals surface area contributed by atoms with Gasteiger partial charge in [0.2, 0.25) is 11.7 Å². The van der Waals surface area contributed by atoms with E-state index in [-0.39, 0.29) is 24.1 Å². The van der Waals surface area contributed by atoms with Crippen molar-refractivity contribution in [2.24, 2.45) is 11.7 Å². The number of carbonyl (C=O) groups excluding carboxylic acids is 2. The van der Waals surface area contributed by atoms with Crippen molar-refractivity contribution in [2.45, 2.75) is 49.9 Å². The van der Waals surface area contributed by atoms with E-state index in [9.17, 15) is 18.0 Å². The highest BCUT2D eigenvalue weighted by atomic mass is 32.2. The lowest BCUT2D eigenvalue weighted by molar-refractivity contribution is -0.126. The smallest absolute Gasteiger partial charge is 0.264 e. The molecule has 3 N–H and O–H groups in total. The van der Waals surface area contributed by atoms with Crippen molar-refractivity contribution >= 4 is 32.6 Å². The van der Waals surface area contributed by atoms with Gasteiger partial charge in [0.25, 0.3) is 5.89 Å². The molecule has 1 amide bonds. The first kappa shape index (κ1) is 27.0. The molecule has 0 aliphatic carbocycles. The maximum Gasteiger partial charge on any atom is 0.264 e. The Hall–Kier alpha value is -3.08. The highest BCUT2D eigenvalue weighted by Gasteiger charge is 2.52. The van der Waals surface area contributed by atoms with Crippen molar-refractivity contribution in [1.29, 1.82) is 0 Å². The molecule has 1 aromatic heterocycles. The number of nitrogens with two attached hydrogens (primary N) is 1. The van der Waals surface area contributed by atoms with E-state index in [2.05, 4.69) is 10.3 Å². The van der Waals surface area contributed by atoms with Gasteiger partial charge < -0.3 is 14.9 Å². The van der Waals surface area contributed by atoms with Crippen LogP contribution in [0.15, 0.2) is 59.0 Å². The number of benzene rings is 2. The van der Waals surface area contributed by atoms with E-state index in [0.29, 0.717) is 49.1 Å². The van der Waals surface area contributed by atoms with Crippen LogP contribution in [0, 0.1) is 5.92 Å². The van der Waals surface area contributed by atoms with Crippen molar-refractivity contribution in [3.8, 4) is 0 Å². The van der Waals surface area contributed by atoms with Crippen LogP contribution in [0.25, 0.3) is 11.1 Å². The molecular formula is C27H33N3O6S. The molecule has 1 aliphatic heterocycles. The van der Waals surface area contributed by atoms with E-state index in [1.165, 1.54) is 0 Å². The number of nitrogens with one attached hydrogen (secondary N) is 1. The summed E-state index contributed by atoms with van der Waals surface area (Å²) in [7, 11) is -3.89. The number of primary amides is 1. The van der Waals surface area contributed by atoms with Gasteiger partial charge in [-0.25, -0.2) is 13.4 Å². The van der Waals surface area contributed by atoms with Crippen molar-refractivity contribution in [2.75, 3.05) is 19.0 Å². The number of rotatable bonds is 12. The van der Waals surface area contributed by atoms with Gasteiger partial charge in [0.15, 0.2) is 15.4 Å². The Labute approximate surface area is 216 Å². The SMILES string of the molecule is CCC[C@H](C(=O)c1nc2ccccc2o1)C(CS(=O)(=O)Cc1ccccc1)(NC1CCOCC1)C(N)=O. The quantitative estimate of drug-likeness (QED) is 0.342. The molecule has 2 atom stereocenters. The van der Waals surface area contributed by atoms with Crippen molar-refractivity contribution in [1.82, 2.24) is 10.3 Å². The summed E-state index contributed by atoms with van der Waals surface area (Å²) in [5.41, 5.74) is 5.67. The van der Waals surface area contributed by atoms with Crippen LogP contribution < -0.4 is 11.1 Å². The summed E-state index contributed by atoms with van der Waals surface area (Å²) in [4.78, 5) is 31.6. The van der Waals surface area contributed by atoms with Gasteiger partial charge in [-0.15, -0.1) is 0 Å². The summed E-state index contributed by atoms with van der Waals surface area (Å²) in [6, 6.07) is 15.4. The van der Waals surface area contributed by atoms with Gasteiger partial charge >= 0.3 is 0 Å². The number of fused-ring (bicyclic) bond motifs is 1. The number of ether oxygens (including phenoxy) is 1. The zero-order chi connectivity index (χ0) is 26.5. The fourth-order valence-corrected chi connectivity index (χ4v) is 6.93. The lowest BCUT2D eigenvalue weighted by Crippen LogP contribution is -2.68. The number of Topliss-reactive ketones (excluding diaryl/α,β-unsaturated/α-hetero) is 1. The van der Waals surface area contributed by atoms with Crippen LogP contribution in [0.4, 0.5) is 0 Å². The summed E-state index contributed by atoms with van der Waals surface area (Å²) < 4.78 is 38.3. The van der Waals surface area contributed by atoms with Crippen LogP contribution in [0.1, 0.15) is 48.9 Å². The first-order chi connectivity index (χ1) is 17.7. The average Bonchev–Trinajstić information content (AvgIpc) is 3.31. The van der Waals surface area contributed by atoms with E-state index in [1.807, 2.05) is 6.92 Å². The summed E-state index contributed by atoms with van der Waals surface area (Å²) >= 11 is 0. The second-order valence-electron chi connectivity index (χ2n) is 9.58. The standard InChI is InChI=1S/C27H33N3O6S/c1-2-8-21(24(31)25-29-22-11-6-7-12-23(22)36-25)27(26(28)32,30-20-13-15-35-16-14-20)18-37(33,34)17-19-9-4-3-5-10-19/h3-7,9-12,20-21,30H,2,8,13-18H2,1H3,(H2,28,32)/t21-,27?/m1/s1. The normalized spacial score (nSPS) is 17.3. The molecule has 1 unspecified atom stereocenters. The molecule has 0 bridgehead atoms. The Morgan fingerprint density at radius 1 is 1.11 bits per heavy atom. The number of nitrogens with zero attached hydrogens (tertiary/aromatic N) is 1. The summed E-state index contributed by atoms with van der Waals surface area (Å²) in [5.74, 6) is -3.62. The predicted molar refractivity (Wildman–Crippen MR) is 140 cm³/mol. The number of aromatic nitrogens is 1. The number of sulfone groups is 1. The Bertz CT molecular complexity index is 1300. The molecule has 37 heavy (non-hydrogen) atoms. The highest BCUT2D eigenvalue weighted by Crippen LogP contribution is 2.32. The molecule has 2 aromatic carbocycles. The van der Waals surface area contributed by atoms with E-state index in [0.717, 1.165) is 0 Å². The number of para-hydroxylation sites is 2. The van der Waals surface area contributed by atoms with Gasteiger partial charge in [-0.05, 0) is 37.0 Å². The molecule has 2 heterocycles. The van der Waals surface area contributed by atoms with Crippen LogP contribution >= 0.6 is 0 Å². The van der Waals surface area contributed by atoms with Crippen molar-refractivity contribution in [3.05, 3.63) is 66.1 Å². The fraction of sp³-hybridized carbons (Fsp3) is 0.444. The Morgan fingerprint density at radius 3 is 2.43 bits per heavy atom. The average molecular weight is 528 g/mol. The van der Waals surface area contributed by atoms with E-state index >= 15 is 0 Å². The van der Waals surface area contributed by atoms with Gasteiger partial charge in [0, 0.05) is 19.3 Å². The monoisotopic (exact) mass is 527 g/mol. The van der Waals surface area contributed by atoms with Gasteiger partial charge in [0.05, 0.1) is 17.4 Å². The lowest BCUT2D eigenvalue weighted by Gasteiger charge is -2.41. The van der Waals surface area contributed by atoms with E-state index in [4.69, 9.17) is 14.9 Å². The number of carbonyl (C=O) groups is 2. The molecule has 1 fully saturated rings. The van der Waals surface area contributed by atoms with Crippen molar-refractivity contribution < 1.29 is 27.2 Å². The number of hydrogen-bond acceptors (Lipinski definition) is 8. The van der Waals surface area contributed by atoms with Crippen molar-refractivity contribution in [3.63, 3.8) is 0 Å². The molecule has 3 aromatic rings. The van der Waals surface area contributed by atoms with E-state index in [1.54, 1.807) is 54.6 Å². The second-order valence-corrected chi connectivity index (χ2v) is 11.6.